The Labute approximate surface area is 85.5 Å². The normalized spacial score (nSPS) is 13.4. The molecule has 1 unspecified atom stereocenters. The highest BCUT2D eigenvalue weighted by molar-refractivity contribution is 5.69. The van der Waals surface area contributed by atoms with Gasteiger partial charge in [0.2, 0.25) is 0 Å². The fourth-order valence-electron chi connectivity index (χ4n) is 1.10. The molecule has 0 radical (unpaired) electrons. The van der Waals surface area contributed by atoms with E-state index in [2.05, 4.69) is 30.5 Å². The number of nitrogens with zero attached hydrogens (tertiary/aromatic N) is 1. The first-order chi connectivity index (χ1) is 6.49. The lowest BCUT2D eigenvalue weighted by atomic mass is 10.1. The van der Waals surface area contributed by atoms with Crippen molar-refractivity contribution >= 4 is 5.97 Å². The maximum Gasteiger partial charge on any atom is 0.327 e. The van der Waals surface area contributed by atoms with Gasteiger partial charge >= 0.3 is 5.97 Å². The summed E-state index contributed by atoms with van der Waals surface area (Å²) in [5.74, 6) is 5.07. The average Bonchev–Trinajstić information content (AvgIpc) is 2.13. The number of hydrogen-bond donors (Lipinski definition) is 2. The smallest absolute Gasteiger partial charge is 0.327 e. The van der Waals surface area contributed by atoms with Gasteiger partial charge in [0.25, 0.3) is 0 Å². The summed E-state index contributed by atoms with van der Waals surface area (Å²) in [5.41, 5.74) is 1.88. The van der Waals surface area contributed by atoms with Crippen LogP contribution in [0.25, 0.3) is 0 Å². The Balaban J connectivity index is 3.73. The maximum atomic E-state index is 10.9. The number of hydrazine groups is 1. The van der Waals surface area contributed by atoms with Crippen molar-refractivity contribution < 1.29 is 9.63 Å². The molecule has 0 aromatic carbocycles. The zero-order valence-corrected chi connectivity index (χ0v) is 9.41. The number of hydrogen-bond acceptors (Lipinski definition) is 5. The van der Waals surface area contributed by atoms with E-state index in [0.29, 0.717) is 24.9 Å². The molecule has 0 aromatic heterocycles. The molecule has 0 amide bonds. The largest absolute Gasteiger partial charge is 0.356 e. The molecule has 5 nitrogen and oxygen atoms in total. The van der Waals surface area contributed by atoms with Gasteiger partial charge < -0.3 is 9.74 Å². The summed E-state index contributed by atoms with van der Waals surface area (Å²) in [7, 11) is 1.99. The van der Waals surface area contributed by atoms with E-state index in [1.807, 2.05) is 12.6 Å². The first kappa shape index (κ1) is 13.4. The van der Waals surface area contributed by atoms with Gasteiger partial charge in [-0.05, 0) is 19.9 Å². The fourth-order valence-corrected chi connectivity index (χ4v) is 1.10. The minimum atomic E-state index is -0.338. The number of nitrogens with one attached hydrogen (secondary N) is 1. The Bertz CT molecular complexity index is 173. The van der Waals surface area contributed by atoms with Crippen molar-refractivity contribution in [3.63, 3.8) is 0 Å². The molecule has 5 heteroatoms. The highest BCUT2D eigenvalue weighted by Crippen LogP contribution is 2.08. The summed E-state index contributed by atoms with van der Waals surface area (Å²) >= 11 is 0. The maximum absolute atomic E-state index is 10.9. The number of carbonyl (C=O) groups excluding carboxylic acids is 1. The molecule has 0 spiro atoms. The lowest BCUT2D eigenvalue weighted by molar-refractivity contribution is -0.151. The highest BCUT2D eigenvalue weighted by atomic mass is 16.7. The molecule has 14 heavy (non-hydrogen) atoms. The summed E-state index contributed by atoms with van der Waals surface area (Å²) in [6, 6.07) is 0.452. The molecule has 0 aliphatic carbocycles. The van der Waals surface area contributed by atoms with Crippen LogP contribution >= 0.6 is 0 Å². The third-order valence-electron chi connectivity index (χ3n) is 2.50. The van der Waals surface area contributed by atoms with E-state index in [-0.39, 0.29) is 5.97 Å². The zero-order valence-electron chi connectivity index (χ0n) is 9.41. The molecule has 0 heterocycles. The van der Waals surface area contributed by atoms with E-state index in [1.54, 1.807) is 0 Å². The molecule has 0 aliphatic rings. The second kappa shape index (κ2) is 6.75. The van der Waals surface area contributed by atoms with Crippen molar-refractivity contribution in [2.24, 2.45) is 11.8 Å². The fraction of sp³-hybridized carbons (Fsp3) is 0.889. The number of carbonyl (C=O) groups is 1. The molecule has 0 rings (SSSR count). The van der Waals surface area contributed by atoms with Crippen molar-refractivity contribution in [2.45, 2.75) is 33.2 Å². The summed E-state index contributed by atoms with van der Waals surface area (Å²) in [6.07, 6.45) is 0.345. The van der Waals surface area contributed by atoms with Crippen molar-refractivity contribution in [1.82, 2.24) is 10.5 Å². The van der Waals surface area contributed by atoms with Gasteiger partial charge in [-0.2, -0.15) is 0 Å². The van der Waals surface area contributed by atoms with Crippen LogP contribution in [0, 0.1) is 5.92 Å². The second-order valence-corrected chi connectivity index (χ2v) is 3.81. The van der Waals surface area contributed by atoms with Gasteiger partial charge in [0.1, 0.15) is 0 Å². The third kappa shape index (κ3) is 5.16. The van der Waals surface area contributed by atoms with E-state index >= 15 is 0 Å². The van der Waals surface area contributed by atoms with Crippen LogP contribution in [0.1, 0.15) is 27.2 Å². The van der Waals surface area contributed by atoms with Crippen LogP contribution in [0.15, 0.2) is 0 Å². The molecular formula is C9H21N3O2. The van der Waals surface area contributed by atoms with Gasteiger partial charge in [0, 0.05) is 12.6 Å². The van der Waals surface area contributed by atoms with Crippen molar-refractivity contribution in [1.29, 1.82) is 0 Å². The highest BCUT2D eigenvalue weighted by Gasteiger charge is 2.14. The van der Waals surface area contributed by atoms with Crippen LogP contribution < -0.4 is 11.4 Å². The lowest BCUT2D eigenvalue weighted by Gasteiger charge is -2.27. The number of nitrogens with two attached hydrogens (primary N) is 1. The zero-order chi connectivity index (χ0) is 11.1. The Kier molecular flexibility index (Phi) is 6.44. The Morgan fingerprint density at radius 3 is 2.50 bits per heavy atom. The minimum Gasteiger partial charge on any atom is -0.356 e. The SMILES string of the molecule is CC(C)C(C)N(C)CCC(=O)ONN. The lowest BCUT2D eigenvalue weighted by Crippen LogP contribution is -2.36. The van der Waals surface area contributed by atoms with Gasteiger partial charge in [-0.3, -0.25) is 4.79 Å². The average molecular weight is 203 g/mol. The molecule has 84 valence electrons. The van der Waals surface area contributed by atoms with Crippen LogP contribution in [0.4, 0.5) is 0 Å². The molecular weight excluding hydrogens is 182 g/mol. The Morgan fingerprint density at radius 2 is 2.07 bits per heavy atom. The van der Waals surface area contributed by atoms with Gasteiger partial charge in [0.15, 0.2) is 0 Å². The Morgan fingerprint density at radius 1 is 1.50 bits per heavy atom. The van der Waals surface area contributed by atoms with Crippen LogP contribution in [-0.2, 0) is 9.63 Å². The summed E-state index contributed by atoms with van der Waals surface area (Å²) in [6.45, 7) is 7.12. The molecule has 0 aliphatic heterocycles. The molecule has 0 aromatic rings. The number of rotatable bonds is 6. The van der Waals surface area contributed by atoms with E-state index < -0.39 is 0 Å². The van der Waals surface area contributed by atoms with Gasteiger partial charge in [-0.25, -0.2) is 5.84 Å². The van der Waals surface area contributed by atoms with E-state index in [9.17, 15) is 4.79 Å². The monoisotopic (exact) mass is 203 g/mol. The van der Waals surface area contributed by atoms with Crippen LogP contribution in [0.5, 0.6) is 0 Å². The van der Waals surface area contributed by atoms with Gasteiger partial charge in [-0.1, -0.05) is 19.4 Å². The first-order valence-corrected chi connectivity index (χ1v) is 4.84. The first-order valence-electron chi connectivity index (χ1n) is 4.84. The molecule has 0 saturated carbocycles. The van der Waals surface area contributed by atoms with Crippen molar-refractivity contribution in [3.05, 3.63) is 0 Å². The second-order valence-electron chi connectivity index (χ2n) is 3.81. The van der Waals surface area contributed by atoms with Gasteiger partial charge in [-0.15, -0.1) is 0 Å². The van der Waals surface area contributed by atoms with Crippen LogP contribution in [0.2, 0.25) is 0 Å². The van der Waals surface area contributed by atoms with E-state index in [1.165, 1.54) is 0 Å². The minimum absolute atomic E-state index is 0.338. The summed E-state index contributed by atoms with van der Waals surface area (Å²) < 4.78 is 0. The molecule has 0 bridgehead atoms. The van der Waals surface area contributed by atoms with Crippen LogP contribution in [0.3, 0.4) is 0 Å². The van der Waals surface area contributed by atoms with Crippen molar-refractivity contribution in [2.75, 3.05) is 13.6 Å². The summed E-state index contributed by atoms with van der Waals surface area (Å²) in [4.78, 5) is 17.5. The molecule has 0 fully saturated rings. The van der Waals surface area contributed by atoms with E-state index in [0.717, 1.165) is 0 Å². The molecule has 3 N–H and O–H groups in total. The quantitative estimate of drug-likeness (QED) is 0.479. The van der Waals surface area contributed by atoms with Crippen LogP contribution in [-0.4, -0.2) is 30.5 Å². The van der Waals surface area contributed by atoms with Crippen molar-refractivity contribution in [3.8, 4) is 0 Å². The Hall–Kier alpha value is -0.650. The molecule has 0 saturated heterocycles. The standard InChI is InChI=1S/C9H21N3O2/c1-7(2)8(3)12(4)6-5-9(13)14-11-10/h7-8,11H,5-6,10H2,1-4H3. The summed E-state index contributed by atoms with van der Waals surface area (Å²) in [5, 5.41) is 0. The topological polar surface area (TPSA) is 67.6 Å². The third-order valence-corrected chi connectivity index (χ3v) is 2.50. The molecule has 1 atom stereocenters. The predicted octanol–water partition coefficient (Wildman–Crippen LogP) is 0.274. The van der Waals surface area contributed by atoms with Gasteiger partial charge in [0.05, 0.1) is 6.42 Å². The van der Waals surface area contributed by atoms with E-state index in [4.69, 9.17) is 5.84 Å². The predicted molar refractivity (Wildman–Crippen MR) is 55.0 cm³/mol.